The molecule has 0 radical (unpaired) electrons. The standard InChI is InChI=1S/C24H29N3O4/c1-29-18-8-6-17(7-9-18)22-15-21(20-11-10-19(30-2)14-23(20)31-3)25-27(22)24(28)16-26-12-4-5-13-26/h6-11,14,22H,4-5,12-13,15-16H2,1-3H3. The third-order valence-corrected chi connectivity index (χ3v) is 5.94. The Labute approximate surface area is 183 Å². The van der Waals surface area contributed by atoms with E-state index in [0.29, 0.717) is 24.5 Å². The Kier molecular flexibility index (Phi) is 6.42. The summed E-state index contributed by atoms with van der Waals surface area (Å²) in [6.07, 6.45) is 2.90. The topological polar surface area (TPSA) is 63.6 Å². The number of rotatable bonds is 7. The Morgan fingerprint density at radius 2 is 1.65 bits per heavy atom. The molecule has 7 nitrogen and oxygen atoms in total. The maximum absolute atomic E-state index is 13.2. The molecule has 2 aromatic rings. The van der Waals surface area contributed by atoms with E-state index in [-0.39, 0.29) is 11.9 Å². The van der Waals surface area contributed by atoms with Gasteiger partial charge in [0.2, 0.25) is 0 Å². The second kappa shape index (κ2) is 9.39. The number of likely N-dealkylation sites (tertiary alicyclic amines) is 1. The molecule has 2 aliphatic rings. The second-order valence-corrected chi connectivity index (χ2v) is 7.83. The molecular weight excluding hydrogens is 394 g/mol. The van der Waals surface area contributed by atoms with Crippen LogP contribution in [0.4, 0.5) is 0 Å². The number of hydrogen-bond donors (Lipinski definition) is 0. The van der Waals surface area contributed by atoms with Gasteiger partial charge in [0.1, 0.15) is 17.2 Å². The molecule has 0 aromatic heterocycles. The number of carbonyl (C=O) groups is 1. The van der Waals surface area contributed by atoms with Gasteiger partial charge in [-0.05, 0) is 55.8 Å². The van der Waals surface area contributed by atoms with Crippen molar-refractivity contribution >= 4 is 11.6 Å². The van der Waals surface area contributed by atoms with Crippen molar-refractivity contribution in [3.05, 3.63) is 53.6 Å². The van der Waals surface area contributed by atoms with Gasteiger partial charge in [-0.2, -0.15) is 5.10 Å². The summed E-state index contributed by atoms with van der Waals surface area (Å²) in [5, 5.41) is 6.44. The van der Waals surface area contributed by atoms with Gasteiger partial charge in [0.25, 0.3) is 5.91 Å². The van der Waals surface area contributed by atoms with Crippen LogP contribution in [0.15, 0.2) is 47.6 Å². The minimum Gasteiger partial charge on any atom is -0.497 e. The van der Waals surface area contributed by atoms with Crippen molar-refractivity contribution in [3.63, 3.8) is 0 Å². The highest BCUT2D eigenvalue weighted by atomic mass is 16.5. The molecular formula is C24H29N3O4. The highest BCUT2D eigenvalue weighted by Gasteiger charge is 2.35. The predicted octanol–water partition coefficient (Wildman–Crippen LogP) is 3.49. The minimum absolute atomic E-state index is 0.0187. The molecule has 164 valence electrons. The van der Waals surface area contributed by atoms with Crippen molar-refractivity contribution in [2.45, 2.75) is 25.3 Å². The van der Waals surface area contributed by atoms with Crippen molar-refractivity contribution in [1.82, 2.24) is 9.91 Å². The zero-order valence-electron chi connectivity index (χ0n) is 18.3. The van der Waals surface area contributed by atoms with Crippen molar-refractivity contribution in [1.29, 1.82) is 0 Å². The van der Waals surface area contributed by atoms with Gasteiger partial charge < -0.3 is 14.2 Å². The minimum atomic E-state index is -0.164. The lowest BCUT2D eigenvalue weighted by molar-refractivity contribution is -0.134. The fraction of sp³-hybridized carbons (Fsp3) is 0.417. The molecule has 1 unspecified atom stereocenters. The summed E-state index contributed by atoms with van der Waals surface area (Å²) in [4.78, 5) is 15.4. The Balaban J connectivity index is 1.65. The monoisotopic (exact) mass is 423 g/mol. The van der Waals surface area contributed by atoms with Gasteiger partial charge in [-0.15, -0.1) is 0 Å². The van der Waals surface area contributed by atoms with Gasteiger partial charge in [0.15, 0.2) is 0 Å². The van der Waals surface area contributed by atoms with E-state index in [4.69, 9.17) is 19.3 Å². The van der Waals surface area contributed by atoms with Crippen LogP contribution in [0.5, 0.6) is 17.2 Å². The fourth-order valence-corrected chi connectivity index (χ4v) is 4.23. The number of ether oxygens (including phenoxy) is 3. The molecule has 1 amide bonds. The van der Waals surface area contributed by atoms with Crippen LogP contribution in [-0.4, -0.2) is 62.5 Å². The van der Waals surface area contributed by atoms with Crippen molar-refractivity contribution in [2.75, 3.05) is 41.0 Å². The average molecular weight is 424 g/mol. The van der Waals surface area contributed by atoms with Crippen LogP contribution in [0, 0.1) is 0 Å². The van der Waals surface area contributed by atoms with Crippen LogP contribution in [0.2, 0.25) is 0 Å². The third-order valence-electron chi connectivity index (χ3n) is 5.94. The highest BCUT2D eigenvalue weighted by Crippen LogP contribution is 2.36. The molecule has 7 heteroatoms. The molecule has 1 saturated heterocycles. The summed E-state index contributed by atoms with van der Waals surface area (Å²) in [7, 11) is 4.90. The molecule has 0 bridgehead atoms. The first kappa shape index (κ1) is 21.2. The van der Waals surface area contributed by atoms with Crippen LogP contribution in [0.3, 0.4) is 0 Å². The molecule has 31 heavy (non-hydrogen) atoms. The van der Waals surface area contributed by atoms with Crippen molar-refractivity contribution < 1.29 is 19.0 Å². The largest absolute Gasteiger partial charge is 0.497 e. The molecule has 2 heterocycles. The van der Waals surface area contributed by atoms with Gasteiger partial charge in [-0.3, -0.25) is 9.69 Å². The lowest BCUT2D eigenvalue weighted by atomic mass is 9.97. The number of nitrogens with zero attached hydrogens (tertiary/aromatic N) is 3. The number of benzene rings is 2. The summed E-state index contributed by atoms with van der Waals surface area (Å²) >= 11 is 0. The highest BCUT2D eigenvalue weighted by molar-refractivity contribution is 6.05. The van der Waals surface area contributed by atoms with E-state index in [2.05, 4.69) is 4.90 Å². The van der Waals surface area contributed by atoms with Gasteiger partial charge in [0, 0.05) is 18.1 Å². The maximum Gasteiger partial charge on any atom is 0.257 e. The molecule has 4 rings (SSSR count). The first-order chi connectivity index (χ1) is 15.1. The van der Waals surface area contributed by atoms with Crippen LogP contribution >= 0.6 is 0 Å². The number of amides is 1. The number of hydrogen-bond acceptors (Lipinski definition) is 6. The number of hydrazone groups is 1. The van der Waals surface area contributed by atoms with E-state index in [1.807, 2.05) is 42.5 Å². The van der Waals surface area contributed by atoms with Crippen LogP contribution < -0.4 is 14.2 Å². The smallest absolute Gasteiger partial charge is 0.257 e. The van der Waals surface area contributed by atoms with E-state index in [1.165, 1.54) is 0 Å². The number of methoxy groups -OCH3 is 3. The van der Waals surface area contributed by atoms with Crippen LogP contribution in [0.1, 0.15) is 36.4 Å². The van der Waals surface area contributed by atoms with Crippen molar-refractivity contribution in [3.8, 4) is 17.2 Å². The van der Waals surface area contributed by atoms with Crippen LogP contribution in [-0.2, 0) is 4.79 Å². The molecule has 1 atom stereocenters. The summed E-state index contributed by atoms with van der Waals surface area (Å²) in [5.74, 6) is 2.20. The number of carbonyl (C=O) groups excluding carboxylic acids is 1. The molecule has 0 spiro atoms. The van der Waals surface area contributed by atoms with Gasteiger partial charge in [0.05, 0.1) is 39.6 Å². The lowest BCUT2D eigenvalue weighted by Crippen LogP contribution is -2.36. The quantitative estimate of drug-likeness (QED) is 0.682. The normalized spacial score (nSPS) is 18.7. The predicted molar refractivity (Wildman–Crippen MR) is 119 cm³/mol. The van der Waals surface area contributed by atoms with E-state index in [0.717, 1.165) is 48.5 Å². The Bertz CT molecular complexity index is 952. The summed E-state index contributed by atoms with van der Waals surface area (Å²) in [6.45, 7) is 2.33. The van der Waals surface area contributed by atoms with E-state index in [9.17, 15) is 4.79 Å². The zero-order chi connectivity index (χ0) is 21.8. The summed E-state index contributed by atoms with van der Waals surface area (Å²) in [6, 6.07) is 13.4. The van der Waals surface area contributed by atoms with E-state index in [1.54, 1.807) is 26.3 Å². The molecule has 0 N–H and O–H groups in total. The molecule has 0 saturated carbocycles. The van der Waals surface area contributed by atoms with Crippen molar-refractivity contribution in [2.24, 2.45) is 5.10 Å². The average Bonchev–Trinajstić information content (AvgIpc) is 3.49. The Morgan fingerprint density at radius 1 is 0.968 bits per heavy atom. The maximum atomic E-state index is 13.2. The first-order valence-electron chi connectivity index (χ1n) is 10.6. The first-order valence-corrected chi connectivity index (χ1v) is 10.6. The summed E-state index contributed by atoms with van der Waals surface area (Å²) < 4.78 is 16.2. The van der Waals surface area contributed by atoms with Crippen LogP contribution in [0.25, 0.3) is 0 Å². The van der Waals surface area contributed by atoms with Gasteiger partial charge >= 0.3 is 0 Å². The molecule has 0 aliphatic carbocycles. The summed E-state index contributed by atoms with van der Waals surface area (Å²) in [5.41, 5.74) is 2.73. The van der Waals surface area contributed by atoms with E-state index < -0.39 is 0 Å². The van der Waals surface area contributed by atoms with Gasteiger partial charge in [-0.1, -0.05) is 12.1 Å². The Morgan fingerprint density at radius 3 is 2.29 bits per heavy atom. The zero-order valence-corrected chi connectivity index (χ0v) is 18.3. The molecule has 1 fully saturated rings. The Hall–Kier alpha value is -3.06. The van der Waals surface area contributed by atoms with E-state index >= 15 is 0 Å². The molecule has 2 aliphatic heterocycles. The third kappa shape index (κ3) is 4.51. The second-order valence-electron chi connectivity index (χ2n) is 7.83. The SMILES string of the molecule is COc1ccc(C2CC(c3ccc(OC)cc3OC)=NN2C(=O)CN2CCCC2)cc1. The molecule has 2 aromatic carbocycles. The fourth-order valence-electron chi connectivity index (χ4n) is 4.23. The van der Waals surface area contributed by atoms with Gasteiger partial charge in [-0.25, -0.2) is 5.01 Å². The lowest BCUT2D eigenvalue weighted by Gasteiger charge is -2.24.